The number of carbonyl (C=O) groups is 1. The number of ether oxygens (including phenoxy) is 1. The van der Waals surface area contributed by atoms with Gasteiger partial charge in [0.15, 0.2) is 5.60 Å². The Balaban J connectivity index is 2.04. The van der Waals surface area contributed by atoms with Gasteiger partial charge in [-0.15, -0.1) is 0 Å². The van der Waals surface area contributed by atoms with Crippen LogP contribution in [0, 0.1) is 0 Å². The van der Waals surface area contributed by atoms with Crippen molar-refractivity contribution >= 4 is 17.7 Å². The van der Waals surface area contributed by atoms with E-state index in [1.54, 1.807) is 26.1 Å². The minimum absolute atomic E-state index is 0.133. The molecule has 1 aromatic rings. The summed E-state index contributed by atoms with van der Waals surface area (Å²) in [4.78, 5) is 21.2. The van der Waals surface area contributed by atoms with Crippen LogP contribution in [0.25, 0.3) is 0 Å². The molecule has 1 atom stereocenters. The molecule has 1 unspecified atom stereocenters. The first kappa shape index (κ1) is 14.5. The van der Waals surface area contributed by atoms with Crippen molar-refractivity contribution in [2.75, 3.05) is 23.7 Å². The molecular weight excluding hydrogens is 260 g/mol. The van der Waals surface area contributed by atoms with Gasteiger partial charge in [-0.05, 0) is 32.8 Å². The summed E-state index contributed by atoms with van der Waals surface area (Å²) < 4.78 is 5.71. The summed E-state index contributed by atoms with van der Waals surface area (Å²) in [6.07, 6.45) is 3.24. The number of hydrogen-bond donors (Lipinski definition) is 2. The summed E-state index contributed by atoms with van der Waals surface area (Å²) >= 11 is 0. The normalized spacial score (nSPS) is 19.9. The van der Waals surface area contributed by atoms with E-state index in [2.05, 4.69) is 9.97 Å². The summed E-state index contributed by atoms with van der Waals surface area (Å²) in [5.74, 6) is 0.0243. The lowest BCUT2D eigenvalue weighted by Gasteiger charge is -2.36. The highest BCUT2D eigenvalue weighted by Gasteiger charge is 2.33. The van der Waals surface area contributed by atoms with Gasteiger partial charge in [-0.25, -0.2) is 9.78 Å². The van der Waals surface area contributed by atoms with Crippen molar-refractivity contribution in [1.29, 1.82) is 0 Å². The van der Waals surface area contributed by atoms with Crippen molar-refractivity contribution in [1.82, 2.24) is 9.97 Å². The van der Waals surface area contributed by atoms with Crippen molar-refractivity contribution < 1.29 is 14.6 Å². The van der Waals surface area contributed by atoms with Gasteiger partial charge in [0, 0.05) is 19.3 Å². The van der Waals surface area contributed by atoms with Crippen molar-refractivity contribution in [2.45, 2.75) is 38.4 Å². The Labute approximate surface area is 117 Å². The number of nitrogens with zero attached hydrogens (tertiary/aromatic N) is 3. The molecule has 7 nitrogen and oxygen atoms in total. The number of hydrogen-bond acceptors (Lipinski definition) is 6. The second-order valence-electron chi connectivity index (χ2n) is 5.42. The largest absolute Gasteiger partial charge is 0.479 e. The zero-order valence-corrected chi connectivity index (χ0v) is 11.7. The maximum atomic E-state index is 11.1. The molecule has 0 saturated carbocycles. The molecule has 1 aliphatic rings. The number of nitrogen functional groups attached to an aromatic ring is 1. The third-order valence-corrected chi connectivity index (χ3v) is 3.34. The van der Waals surface area contributed by atoms with Crippen molar-refractivity contribution in [3.63, 3.8) is 0 Å². The van der Waals surface area contributed by atoms with Crippen LogP contribution in [-0.4, -0.2) is 45.8 Å². The van der Waals surface area contributed by atoms with Gasteiger partial charge >= 0.3 is 5.97 Å². The number of rotatable bonds is 4. The first-order chi connectivity index (χ1) is 9.38. The van der Waals surface area contributed by atoms with Gasteiger partial charge < -0.3 is 20.5 Å². The van der Waals surface area contributed by atoms with E-state index in [0.717, 1.165) is 25.2 Å². The van der Waals surface area contributed by atoms with E-state index in [1.165, 1.54) is 0 Å². The van der Waals surface area contributed by atoms with Crippen LogP contribution in [0.15, 0.2) is 12.3 Å². The summed E-state index contributed by atoms with van der Waals surface area (Å²) in [5, 5.41) is 9.12. The highest BCUT2D eigenvalue weighted by molar-refractivity contribution is 5.76. The molecule has 0 bridgehead atoms. The molecule has 0 spiro atoms. The Bertz CT molecular complexity index is 492. The summed E-state index contributed by atoms with van der Waals surface area (Å²) in [6.45, 7) is 4.59. The van der Waals surface area contributed by atoms with Crippen LogP contribution < -0.4 is 10.6 Å². The zero-order chi connectivity index (χ0) is 14.8. The van der Waals surface area contributed by atoms with Crippen LogP contribution in [0.4, 0.5) is 11.8 Å². The molecule has 0 aliphatic carbocycles. The minimum atomic E-state index is -1.18. The maximum Gasteiger partial charge on any atom is 0.335 e. The van der Waals surface area contributed by atoms with Crippen LogP contribution in [0.3, 0.4) is 0 Å². The predicted octanol–water partition coefficient (Wildman–Crippen LogP) is 0.907. The molecule has 20 heavy (non-hydrogen) atoms. The van der Waals surface area contributed by atoms with E-state index in [0.29, 0.717) is 6.54 Å². The van der Waals surface area contributed by atoms with Crippen molar-refractivity contribution in [3.05, 3.63) is 12.3 Å². The Hall–Kier alpha value is -1.89. The number of carboxylic acids is 1. The molecule has 0 radical (unpaired) electrons. The number of nitrogens with two attached hydrogens (primary N) is 1. The number of aromatic nitrogens is 2. The molecule has 2 rings (SSSR count). The SMILES string of the molecule is CC(C)(OC1CCCN(c2ccnc(N)n2)C1)C(=O)O. The summed E-state index contributed by atoms with van der Waals surface area (Å²) in [5.41, 5.74) is 4.40. The molecule has 2 heterocycles. The minimum Gasteiger partial charge on any atom is -0.479 e. The maximum absolute atomic E-state index is 11.1. The van der Waals surface area contributed by atoms with Gasteiger partial charge in [-0.1, -0.05) is 0 Å². The predicted molar refractivity (Wildman–Crippen MR) is 74.5 cm³/mol. The molecule has 7 heteroatoms. The monoisotopic (exact) mass is 280 g/mol. The fraction of sp³-hybridized carbons (Fsp3) is 0.615. The molecular formula is C13H20N4O3. The van der Waals surface area contributed by atoms with Crippen LogP contribution >= 0.6 is 0 Å². The van der Waals surface area contributed by atoms with E-state index >= 15 is 0 Å². The number of carboxylic acid groups (broad SMARTS) is 1. The fourth-order valence-corrected chi connectivity index (χ4v) is 2.25. The molecule has 1 aromatic heterocycles. The standard InChI is InChI=1S/C13H20N4O3/c1-13(2,11(18)19)20-9-4-3-7-17(8-9)10-5-6-15-12(14)16-10/h5-6,9H,3-4,7-8H2,1-2H3,(H,18,19)(H2,14,15,16). The van der Waals surface area contributed by atoms with Crippen molar-refractivity contribution in [3.8, 4) is 0 Å². The molecule has 1 saturated heterocycles. The third kappa shape index (κ3) is 3.36. The van der Waals surface area contributed by atoms with Crippen LogP contribution in [0.1, 0.15) is 26.7 Å². The van der Waals surface area contributed by atoms with Crippen LogP contribution in [0.2, 0.25) is 0 Å². The quantitative estimate of drug-likeness (QED) is 0.845. The topological polar surface area (TPSA) is 102 Å². The number of aliphatic carboxylic acids is 1. The van der Waals surface area contributed by atoms with Gasteiger partial charge in [0.1, 0.15) is 5.82 Å². The zero-order valence-electron chi connectivity index (χ0n) is 11.7. The number of piperidine rings is 1. The number of anilines is 2. The Morgan fingerprint density at radius 3 is 3.00 bits per heavy atom. The second-order valence-corrected chi connectivity index (χ2v) is 5.42. The van der Waals surface area contributed by atoms with Crippen LogP contribution in [0.5, 0.6) is 0 Å². The Morgan fingerprint density at radius 1 is 1.60 bits per heavy atom. The van der Waals surface area contributed by atoms with E-state index in [9.17, 15) is 4.79 Å². The van der Waals surface area contributed by atoms with Crippen molar-refractivity contribution in [2.24, 2.45) is 0 Å². The smallest absolute Gasteiger partial charge is 0.335 e. The van der Waals surface area contributed by atoms with Gasteiger partial charge in [-0.3, -0.25) is 0 Å². The second kappa shape index (κ2) is 5.62. The highest BCUT2D eigenvalue weighted by atomic mass is 16.5. The average molecular weight is 280 g/mol. The summed E-state index contributed by atoms with van der Waals surface area (Å²) in [7, 11) is 0. The van der Waals surface area contributed by atoms with Gasteiger partial charge in [0.05, 0.1) is 6.10 Å². The van der Waals surface area contributed by atoms with E-state index in [4.69, 9.17) is 15.6 Å². The lowest BCUT2D eigenvalue weighted by Crippen LogP contribution is -2.46. The van der Waals surface area contributed by atoms with Crippen LogP contribution in [-0.2, 0) is 9.53 Å². The van der Waals surface area contributed by atoms with E-state index in [-0.39, 0.29) is 12.1 Å². The fourth-order valence-electron chi connectivity index (χ4n) is 2.25. The average Bonchev–Trinajstić information content (AvgIpc) is 2.38. The Morgan fingerprint density at radius 2 is 2.35 bits per heavy atom. The van der Waals surface area contributed by atoms with Gasteiger partial charge in [-0.2, -0.15) is 4.98 Å². The van der Waals surface area contributed by atoms with E-state index < -0.39 is 11.6 Å². The molecule has 3 N–H and O–H groups in total. The third-order valence-electron chi connectivity index (χ3n) is 3.34. The first-order valence-corrected chi connectivity index (χ1v) is 6.63. The summed E-state index contributed by atoms with van der Waals surface area (Å²) in [6, 6.07) is 1.79. The molecule has 1 aliphatic heterocycles. The Kier molecular flexibility index (Phi) is 4.08. The van der Waals surface area contributed by atoms with E-state index in [1.807, 2.05) is 4.90 Å². The molecule has 110 valence electrons. The molecule has 0 amide bonds. The highest BCUT2D eigenvalue weighted by Crippen LogP contribution is 2.23. The first-order valence-electron chi connectivity index (χ1n) is 6.63. The van der Waals surface area contributed by atoms with Gasteiger partial charge in [0.2, 0.25) is 5.95 Å². The molecule has 1 fully saturated rings. The lowest BCUT2D eigenvalue weighted by molar-refractivity contribution is -0.168. The van der Waals surface area contributed by atoms with Gasteiger partial charge in [0.25, 0.3) is 0 Å². The lowest BCUT2D eigenvalue weighted by atomic mass is 10.1. The molecule has 0 aromatic carbocycles.